The van der Waals surface area contributed by atoms with E-state index in [2.05, 4.69) is 31.9 Å². The molecule has 0 radical (unpaired) electrons. The highest BCUT2D eigenvalue weighted by Crippen LogP contribution is 2.56. The first-order chi connectivity index (χ1) is 29.7. The van der Waals surface area contributed by atoms with Gasteiger partial charge in [-0.05, 0) is 74.8 Å². The second-order valence-corrected chi connectivity index (χ2v) is 15.7. The Bertz CT molecular complexity index is 2250. The number of benzene rings is 3. The summed E-state index contributed by atoms with van der Waals surface area (Å²) in [6.45, 7) is 4.63. The molecular weight excluding hydrogens is 799 g/mol. The number of nitrogens with one attached hydrogen (secondary N) is 8. The average Bonchev–Trinajstić information content (AvgIpc) is 3.84. The fraction of sp³-hybridized carbons (Fsp3) is 0.395. The molecule has 62 heavy (non-hydrogen) atoms. The lowest BCUT2D eigenvalue weighted by Gasteiger charge is -2.37. The molecule has 12 N–H and O–H groups in total. The van der Waals surface area contributed by atoms with Gasteiger partial charge in [0.05, 0.1) is 5.56 Å². The smallest absolute Gasteiger partial charge is 0.340 e. The van der Waals surface area contributed by atoms with Crippen LogP contribution in [0.15, 0.2) is 60.7 Å². The number of hydrogen-bond acceptors (Lipinski definition) is 10. The number of fused-ring (bicyclic) bond motifs is 6. The van der Waals surface area contributed by atoms with Crippen molar-refractivity contribution in [2.75, 3.05) is 30.3 Å². The van der Waals surface area contributed by atoms with Crippen LogP contribution in [-0.2, 0) is 34.3 Å². The summed E-state index contributed by atoms with van der Waals surface area (Å²) in [6.07, 6.45) is 3.30. The SMILES string of the molecule is CC(C)C(NC=O)C(=O)N1CCCC1C(=O)NC(CCCNC(=N)N)C(=O)Nc1ccc2c(c1)Oc1cc(NC(=O)CCCCNC(=N)N)ccc1C21OC(=O)c2ccccc21. The number of amides is 5. The lowest BCUT2D eigenvalue weighted by Crippen LogP contribution is -2.56. The van der Waals surface area contributed by atoms with Crippen molar-refractivity contribution in [1.82, 2.24) is 26.2 Å². The molecule has 3 heterocycles. The molecular formula is C43H53N11O8. The highest BCUT2D eigenvalue weighted by Gasteiger charge is 2.53. The van der Waals surface area contributed by atoms with E-state index in [1.165, 1.54) is 4.90 Å². The van der Waals surface area contributed by atoms with Gasteiger partial charge in [0.2, 0.25) is 30.0 Å². The van der Waals surface area contributed by atoms with Crippen LogP contribution in [0.5, 0.6) is 11.5 Å². The van der Waals surface area contributed by atoms with Gasteiger partial charge in [-0.3, -0.25) is 34.8 Å². The standard InChI is InChI=1S/C43H53N11O8/c1-24(2)36(50-23-55)39(59)54-20-8-12-32(54)38(58)53-31(11-7-19-49-42(46)47)37(57)52-26-15-17-30-34(22-26)61-33-21-25(51-35(56)13-5-6-18-48-41(44)45)14-16-29(33)43(30)28-10-4-3-9-27(28)40(60)62-43/h3-4,9-10,14-17,21-24,31-32,36H,5-8,11-13,18-20H2,1-2H3,(H,50,55)(H,51,56)(H,52,57)(H,53,58)(H4,44,45,48)(H4,46,47,49). The van der Waals surface area contributed by atoms with Crippen LogP contribution in [0.1, 0.15) is 85.8 Å². The first-order valence-electron chi connectivity index (χ1n) is 20.6. The number of rotatable bonds is 18. The fourth-order valence-corrected chi connectivity index (χ4v) is 8.09. The highest BCUT2D eigenvalue weighted by molar-refractivity contribution is 6.00. The predicted octanol–water partition coefficient (Wildman–Crippen LogP) is 2.29. The van der Waals surface area contributed by atoms with Crippen LogP contribution >= 0.6 is 0 Å². The molecule has 5 amide bonds. The van der Waals surface area contributed by atoms with E-state index in [1.54, 1.807) is 74.5 Å². The van der Waals surface area contributed by atoms with Crippen molar-refractivity contribution in [1.29, 1.82) is 10.8 Å². The first kappa shape index (κ1) is 44.4. The topological polar surface area (TPSA) is 296 Å². The minimum absolute atomic E-state index is 0.135. The van der Waals surface area contributed by atoms with Gasteiger partial charge >= 0.3 is 5.97 Å². The zero-order chi connectivity index (χ0) is 44.6. The molecule has 0 bridgehead atoms. The molecule has 1 fully saturated rings. The van der Waals surface area contributed by atoms with Gasteiger partial charge in [0.25, 0.3) is 0 Å². The summed E-state index contributed by atoms with van der Waals surface area (Å²) in [6, 6.07) is 14.3. The minimum atomic E-state index is -1.42. The molecule has 328 valence electrons. The average molecular weight is 852 g/mol. The van der Waals surface area contributed by atoms with Gasteiger partial charge in [0, 0.05) is 66.3 Å². The maximum Gasteiger partial charge on any atom is 0.340 e. The second kappa shape index (κ2) is 19.5. The van der Waals surface area contributed by atoms with Crippen LogP contribution in [0.2, 0.25) is 0 Å². The molecule has 3 aliphatic heterocycles. The van der Waals surface area contributed by atoms with Crippen molar-refractivity contribution >= 4 is 59.3 Å². The number of carbonyl (C=O) groups is 6. The van der Waals surface area contributed by atoms with E-state index in [0.717, 1.165) is 0 Å². The third kappa shape index (κ3) is 9.72. The summed E-state index contributed by atoms with van der Waals surface area (Å²) < 4.78 is 12.7. The number of nitrogens with zero attached hydrogens (tertiary/aromatic N) is 1. The number of esters is 1. The van der Waals surface area contributed by atoms with Crippen LogP contribution in [0.3, 0.4) is 0 Å². The van der Waals surface area contributed by atoms with Crippen molar-refractivity contribution < 1.29 is 38.2 Å². The summed E-state index contributed by atoms with van der Waals surface area (Å²) in [5.41, 5.74) is 12.1. The van der Waals surface area contributed by atoms with Crippen LogP contribution in [0, 0.1) is 16.7 Å². The maximum atomic E-state index is 14.1. The minimum Gasteiger partial charge on any atom is -0.456 e. The van der Waals surface area contributed by atoms with Gasteiger partial charge in [-0.1, -0.05) is 32.0 Å². The summed E-state index contributed by atoms with van der Waals surface area (Å²) in [4.78, 5) is 80.4. The Morgan fingerprint density at radius 1 is 0.887 bits per heavy atom. The second-order valence-electron chi connectivity index (χ2n) is 15.7. The lowest BCUT2D eigenvalue weighted by molar-refractivity contribution is -0.142. The van der Waals surface area contributed by atoms with E-state index >= 15 is 0 Å². The van der Waals surface area contributed by atoms with Crippen LogP contribution in [-0.4, -0.2) is 90.6 Å². The number of anilines is 2. The van der Waals surface area contributed by atoms with Gasteiger partial charge in [-0.15, -0.1) is 0 Å². The van der Waals surface area contributed by atoms with E-state index in [-0.39, 0.29) is 54.8 Å². The normalized spacial score (nSPS) is 17.9. The number of ether oxygens (including phenoxy) is 2. The molecule has 3 aromatic carbocycles. The summed E-state index contributed by atoms with van der Waals surface area (Å²) in [5, 5.41) is 31.4. The van der Waals surface area contributed by atoms with Gasteiger partial charge in [0.15, 0.2) is 17.5 Å². The van der Waals surface area contributed by atoms with Crippen LogP contribution in [0.4, 0.5) is 11.4 Å². The number of nitrogens with two attached hydrogens (primary N) is 2. The molecule has 3 aliphatic rings. The van der Waals surface area contributed by atoms with Gasteiger partial charge in [-0.2, -0.15) is 0 Å². The van der Waals surface area contributed by atoms with E-state index < -0.39 is 41.5 Å². The number of guanidine groups is 2. The van der Waals surface area contributed by atoms with E-state index in [0.29, 0.717) is 91.0 Å². The molecule has 19 nitrogen and oxygen atoms in total. The van der Waals surface area contributed by atoms with Gasteiger partial charge < -0.3 is 57.7 Å². The Balaban J connectivity index is 1.25. The summed E-state index contributed by atoms with van der Waals surface area (Å²) in [5.74, 6) is -2.28. The van der Waals surface area contributed by atoms with Crippen LogP contribution in [0.25, 0.3) is 0 Å². The first-order valence-corrected chi connectivity index (χ1v) is 20.6. The van der Waals surface area contributed by atoms with E-state index in [1.807, 2.05) is 0 Å². The Hall–Kier alpha value is -7.18. The molecule has 1 spiro atoms. The molecule has 3 aromatic rings. The van der Waals surface area contributed by atoms with E-state index in [4.69, 9.17) is 31.8 Å². The molecule has 19 heteroatoms. The number of unbranched alkanes of at least 4 members (excludes halogenated alkanes) is 1. The lowest BCUT2D eigenvalue weighted by atomic mass is 9.77. The predicted molar refractivity (Wildman–Crippen MR) is 229 cm³/mol. The number of carbonyl (C=O) groups excluding carboxylic acids is 6. The molecule has 4 atom stereocenters. The quantitative estimate of drug-likeness (QED) is 0.0290. The monoisotopic (exact) mass is 851 g/mol. The molecule has 0 aliphatic carbocycles. The summed E-state index contributed by atoms with van der Waals surface area (Å²) >= 11 is 0. The zero-order valence-electron chi connectivity index (χ0n) is 34.6. The Labute approximate surface area is 358 Å². The molecule has 0 aromatic heterocycles. The van der Waals surface area contributed by atoms with Crippen molar-refractivity contribution in [3.05, 3.63) is 82.9 Å². The molecule has 4 unspecified atom stereocenters. The van der Waals surface area contributed by atoms with Gasteiger partial charge in [0.1, 0.15) is 29.6 Å². The number of likely N-dealkylation sites (tertiary alicyclic amines) is 1. The fourth-order valence-electron chi connectivity index (χ4n) is 8.09. The Kier molecular flexibility index (Phi) is 13.9. The molecule has 6 rings (SSSR count). The number of hydrogen-bond donors (Lipinski definition) is 10. The Morgan fingerprint density at radius 2 is 1.53 bits per heavy atom. The molecule has 1 saturated heterocycles. The van der Waals surface area contributed by atoms with E-state index in [9.17, 15) is 28.8 Å². The van der Waals surface area contributed by atoms with Crippen molar-refractivity contribution in [2.24, 2.45) is 17.4 Å². The maximum absolute atomic E-state index is 14.1. The third-order valence-electron chi connectivity index (χ3n) is 11.0. The summed E-state index contributed by atoms with van der Waals surface area (Å²) in [7, 11) is 0. The van der Waals surface area contributed by atoms with Crippen molar-refractivity contribution in [3.63, 3.8) is 0 Å². The third-order valence-corrected chi connectivity index (χ3v) is 11.0. The largest absolute Gasteiger partial charge is 0.456 e. The van der Waals surface area contributed by atoms with Crippen LogP contribution < -0.4 is 48.1 Å². The highest BCUT2D eigenvalue weighted by atomic mass is 16.6. The zero-order valence-corrected chi connectivity index (χ0v) is 34.6. The van der Waals surface area contributed by atoms with Gasteiger partial charge in [-0.25, -0.2) is 4.79 Å². The Morgan fingerprint density at radius 3 is 2.18 bits per heavy atom. The van der Waals surface area contributed by atoms with Crippen molar-refractivity contribution in [2.45, 2.75) is 82.5 Å². The van der Waals surface area contributed by atoms with Crippen molar-refractivity contribution in [3.8, 4) is 11.5 Å². The molecule has 0 saturated carbocycles.